The minimum atomic E-state index is -1.03. The standard InChI is InChI=1S/C7H11NO3/c1-4-2-3-5(11-4)6(8)7(9)10/h2-6H,8H2,1H3,(H,9,10)/t4-,5+,6?/m1/s1. The van der Waals surface area contributed by atoms with Gasteiger partial charge in [0.1, 0.15) is 12.1 Å². The number of nitrogens with two attached hydrogens (primary N) is 1. The zero-order valence-electron chi connectivity index (χ0n) is 6.23. The third-order valence-electron chi connectivity index (χ3n) is 1.58. The molecule has 0 aromatic heterocycles. The average Bonchev–Trinajstić information content (AvgIpc) is 2.34. The third kappa shape index (κ3) is 1.78. The molecule has 0 saturated heterocycles. The van der Waals surface area contributed by atoms with E-state index in [4.69, 9.17) is 15.6 Å². The van der Waals surface area contributed by atoms with Crippen LogP contribution in [0.1, 0.15) is 6.92 Å². The number of carboxylic acid groups (broad SMARTS) is 1. The summed E-state index contributed by atoms with van der Waals surface area (Å²) in [5.74, 6) is -1.03. The molecule has 0 radical (unpaired) electrons. The Morgan fingerprint density at radius 1 is 1.73 bits per heavy atom. The summed E-state index contributed by atoms with van der Waals surface area (Å²) >= 11 is 0. The van der Waals surface area contributed by atoms with Crippen molar-refractivity contribution in [3.8, 4) is 0 Å². The van der Waals surface area contributed by atoms with Crippen molar-refractivity contribution in [3.63, 3.8) is 0 Å². The predicted molar refractivity (Wildman–Crippen MR) is 39.1 cm³/mol. The highest BCUT2D eigenvalue weighted by molar-refractivity contribution is 5.74. The lowest BCUT2D eigenvalue weighted by Crippen LogP contribution is -2.41. The molecule has 0 aromatic carbocycles. The van der Waals surface area contributed by atoms with Crippen molar-refractivity contribution in [2.75, 3.05) is 0 Å². The number of hydrogen-bond donors (Lipinski definition) is 2. The first-order valence-electron chi connectivity index (χ1n) is 3.43. The van der Waals surface area contributed by atoms with Crippen LogP contribution in [0.2, 0.25) is 0 Å². The normalized spacial score (nSPS) is 32.2. The van der Waals surface area contributed by atoms with Crippen LogP contribution >= 0.6 is 0 Å². The summed E-state index contributed by atoms with van der Waals surface area (Å²) in [4.78, 5) is 10.4. The van der Waals surface area contributed by atoms with Gasteiger partial charge in [0.05, 0.1) is 6.10 Å². The molecule has 1 aliphatic heterocycles. The van der Waals surface area contributed by atoms with Crippen LogP contribution in [0.4, 0.5) is 0 Å². The summed E-state index contributed by atoms with van der Waals surface area (Å²) in [6, 6.07) is -0.948. The maximum Gasteiger partial charge on any atom is 0.323 e. The molecule has 0 amide bonds. The Kier molecular flexibility index (Phi) is 2.26. The average molecular weight is 157 g/mol. The van der Waals surface area contributed by atoms with Crippen molar-refractivity contribution in [3.05, 3.63) is 12.2 Å². The van der Waals surface area contributed by atoms with E-state index in [0.717, 1.165) is 0 Å². The first-order chi connectivity index (χ1) is 5.11. The molecule has 3 atom stereocenters. The quantitative estimate of drug-likeness (QED) is 0.542. The monoisotopic (exact) mass is 157 g/mol. The zero-order valence-corrected chi connectivity index (χ0v) is 6.23. The molecule has 0 aromatic rings. The van der Waals surface area contributed by atoms with Gasteiger partial charge in [-0.25, -0.2) is 0 Å². The fraction of sp³-hybridized carbons (Fsp3) is 0.571. The Labute approximate surface area is 64.6 Å². The van der Waals surface area contributed by atoms with E-state index in [1.165, 1.54) is 0 Å². The van der Waals surface area contributed by atoms with Crippen LogP contribution in [0.15, 0.2) is 12.2 Å². The molecule has 4 nitrogen and oxygen atoms in total. The van der Waals surface area contributed by atoms with Crippen molar-refractivity contribution < 1.29 is 14.6 Å². The first kappa shape index (κ1) is 8.23. The summed E-state index contributed by atoms with van der Waals surface area (Å²) in [5, 5.41) is 8.49. The Balaban J connectivity index is 2.51. The highest BCUT2D eigenvalue weighted by Gasteiger charge is 2.27. The van der Waals surface area contributed by atoms with Gasteiger partial charge in [-0.1, -0.05) is 12.2 Å². The second kappa shape index (κ2) is 3.02. The van der Waals surface area contributed by atoms with Crippen LogP contribution in [-0.4, -0.2) is 29.3 Å². The molecule has 0 spiro atoms. The van der Waals surface area contributed by atoms with Crippen molar-refractivity contribution in [2.45, 2.75) is 25.2 Å². The molecule has 11 heavy (non-hydrogen) atoms. The van der Waals surface area contributed by atoms with E-state index in [9.17, 15) is 4.79 Å². The molecule has 1 rings (SSSR count). The lowest BCUT2D eigenvalue weighted by molar-refractivity contribution is -0.141. The van der Waals surface area contributed by atoms with Crippen molar-refractivity contribution in [1.82, 2.24) is 0 Å². The van der Waals surface area contributed by atoms with Crippen LogP contribution in [0, 0.1) is 0 Å². The van der Waals surface area contributed by atoms with Gasteiger partial charge in [-0.15, -0.1) is 0 Å². The van der Waals surface area contributed by atoms with Crippen molar-refractivity contribution >= 4 is 5.97 Å². The molecular formula is C7H11NO3. The summed E-state index contributed by atoms with van der Waals surface area (Å²) in [6.07, 6.45) is 2.99. The number of ether oxygens (including phenoxy) is 1. The molecule has 0 aliphatic carbocycles. The second-order valence-corrected chi connectivity index (χ2v) is 2.55. The maximum absolute atomic E-state index is 10.4. The zero-order chi connectivity index (χ0) is 8.43. The number of hydrogen-bond acceptors (Lipinski definition) is 3. The Hall–Kier alpha value is -0.870. The van der Waals surface area contributed by atoms with Crippen molar-refractivity contribution in [2.24, 2.45) is 5.73 Å². The predicted octanol–water partition coefficient (Wildman–Crippen LogP) is -0.258. The molecule has 3 N–H and O–H groups in total. The van der Waals surface area contributed by atoms with Crippen LogP contribution in [0.3, 0.4) is 0 Å². The van der Waals surface area contributed by atoms with Gasteiger partial charge < -0.3 is 15.6 Å². The van der Waals surface area contributed by atoms with Crippen LogP contribution in [0.25, 0.3) is 0 Å². The van der Waals surface area contributed by atoms with E-state index in [-0.39, 0.29) is 6.10 Å². The molecule has 0 bridgehead atoms. The van der Waals surface area contributed by atoms with Gasteiger partial charge in [0.15, 0.2) is 0 Å². The fourth-order valence-electron chi connectivity index (χ4n) is 0.949. The van der Waals surface area contributed by atoms with Crippen LogP contribution in [-0.2, 0) is 9.53 Å². The Morgan fingerprint density at radius 2 is 2.36 bits per heavy atom. The minimum Gasteiger partial charge on any atom is -0.480 e. The van der Waals surface area contributed by atoms with Crippen LogP contribution in [0.5, 0.6) is 0 Å². The molecular weight excluding hydrogens is 146 g/mol. The summed E-state index contributed by atoms with van der Waals surface area (Å²) in [7, 11) is 0. The van der Waals surface area contributed by atoms with Gasteiger partial charge >= 0.3 is 5.97 Å². The topological polar surface area (TPSA) is 72.6 Å². The Bertz CT molecular complexity index is 190. The van der Waals surface area contributed by atoms with Crippen LogP contribution < -0.4 is 5.73 Å². The molecule has 1 heterocycles. The van der Waals surface area contributed by atoms with E-state index in [2.05, 4.69) is 0 Å². The second-order valence-electron chi connectivity index (χ2n) is 2.55. The van der Waals surface area contributed by atoms with Gasteiger partial charge in [0.25, 0.3) is 0 Å². The summed E-state index contributed by atoms with van der Waals surface area (Å²) < 4.78 is 5.17. The van der Waals surface area contributed by atoms with E-state index in [0.29, 0.717) is 0 Å². The lowest BCUT2D eigenvalue weighted by Gasteiger charge is -2.14. The number of aliphatic carboxylic acids is 1. The fourth-order valence-corrected chi connectivity index (χ4v) is 0.949. The van der Waals surface area contributed by atoms with Crippen molar-refractivity contribution in [1.29, 1.82) is 0 Å². The Morgan fingerprint density at radius 3 is 2.73 bits per heavy atom. The molecule has 1 unspecified atom stereocenters. The molecule has 62 valence electrons. The highest BCUT2D eigenvalue weighted by Crippen LogP contribution is 2.12. The molecule has 0 fully saturated rings. The molecule has 0 saturated carbocycles. The minimum absolute atomic E-state index is 0.0228. The molecule has 1 aliphatic rings. The summed E-state index contributed by atoms with van der Waals surface area (Å²) in [6.45, 7) is 1.84. The highest BCUT2D eigenvalue weighted by atomic mass is 16.5. The maximum atomic E-state index is 10.4. The van der Waals surface area contributed by atoms with E-state index in [1.807, 2.05) is 6.92 Å². The van der Waals surface area contributed by atoms with Gasteiger partial charge in [-0.05, 0) is 6.92 Å². The van der Waals surface area contributed by atoms with E-state index < -0.39 is 18.1 Å². The smallest absolute Gasteiger partial charge is 0.323 e. The van der Waals surface area contributed by atoms with E-state index in [1.54, 1.807) is 12.2 Å². The molecule has 4 heteroatoms. The largest absolute Gasteiger partial charge is 0.480 e. The van der Waals surface area contributed by atoms with Gasteiger partial charge in [-0.3, -0.25) is 4.79 Å². The third-order valence-corrected chi connectivity index (χ3v) is 1.58. The number of carboxylic acids is 1. The SMILES string of the molecule is C[C@@H]1C=C[C@@H](C(N)C(=O)O)O1. The number of rotatable bonds is 2. The summed E-state index contributed by atoms with van der Waals surface area (Å²) in [5.41, 5.74) is 5.31. The first-order valence-corrected chi connectivity index (χ1v) is 3.43. The van der Waals surface area contributed by atoms with Gasteiger partial charge in [0.2, 0.25) is 0 Å². The van der Waals surface area contributed by atoms with Gasteiger partial charge in [0, 0.05) is 0 Å². The van der Waals surface area contributed by atoms with E-state index >= 15 is 0 Å². The lowest BCUT2D eigenvalue weighted by atomic mass is 10.2. The van der Waals surface area contributed by atoms with Gasteiger partial charge in [-0.2, -0.15) is 0 Å². The number of carbonyl (C=O) groups is 1.